The van der Waals surface area contributed by atoms with Gasteiger partial charge in [-0.25, -0.2) is 8.42 Å². The molecule has 2 aromatic rings. The van der Waals surface area contributed by atoms with Crippen LogP contribution in [0.5, 0.6) is 0 Å². The first-order chi connectivity index (χ1) is 12.6. The number of hydrogen-bond donors (Lipinski definition) is 1. The molecule has 1 atom stereocenters. The van der Waals surface area contributed by atoms with Crippen LogP contribution in [0.25, 0.3) is 0 Å². The predicted octanol–water partition coefficient (Wildman–Crippen LogP) is 4.33. The molecule has 0 heterocycles. The molecule has 27 heavy (non-hydrogen) atoms. The van der Waals surface area contributed by atoms with Crippen LogP contribution >= 0.6 is 34.8 Å². The van der Waals surface area contributed by atoms with Gasteiger partial charge in [-0.15, -0.1) is 0 Å². The van der Waals surface area contributed by atoms with E-state index in [2.05, 4.69) is 5.32 Å². The first-order valence-corrected chi connectivity index (χ1v) is 11.0. The zero-order chi connectivity index (χ0) is 20.2. The normalized spacial score (nSPS) is 12.5. The van der Waals surface area contributed by atoms with Crippen molar-refractivity contribution in [3.63, 3.8) is 0 Å². The minimum atomic E-state index is -3.77. The fourth-order valence-electron chi connectivity index (χ4n) is 2.44. The molecule has 0 aliphatic rings. The summed E-state index contributed by atoms with van der Waals surface area (Å²) in [5.74, 6) is -0.374. The minimum Gasteiger partial charge on any atom is -0.354 e. The molecule has 0 radical (unpaired) electrons. The van der Waals surface area contributed by atoms with Crippen molar-refractivity contribution in [2.24, 2.45) is 0 Å². The molecular formula is C18H19Cl3N2O3S. The molecule has 1 amide bonds. The number of carbonyl (C=O) groups is 1. The van der Waals surface area contributed by atoms with E-state index < -0.39 is 22.5 Å². The molecule has 0 bridgehead atoms. The van der Waals surface area contributed by atoms with Crippen molar-refractivity contribution >= 4 is 56.4 Å². The summed E-state index contributed by atoms with van der Waals surface area (Å²) in [7, 11) is -3.77. The quantitative estimate of drug-likeness (QED) is 0.640. The van der Waals surface area contributed by atoms with Crippen molar-refractivity contribution < 1.29 is 13.2 Å². The van der Waals surface area contributed by atoms with Crippen LogP contribution in [-0.2, 0) is 14.8 Å². The number of halogens is 3. The van der Waals surface area contributed by atoms with E-state index in [1.807, 2.05) is 37.3 Å². The molecule has 0 fully saturated rings. The Bertz CT molecular complexity index is 921. The van der Waals surface area contributed by atoms with Crippen molar-refractivity contribution in [2.45, 2.75) is 12.8 Å². The Morgan fingerprint density at radius 1 is 1.07 bits per heavy atom. The molecule has 0 saturated carbocycles. The largest absolute Gasteiger partial charge is 0.354 e. The minimum absolute atomic E-state index is 0.0791. The maximum atomic E-state index is 12.4. The lowest BCUT2D eigenvalue weighted by atomic mass is 10.0. The zero-order valence-electron chi connectivity index (χ0n) is 14.7. The summed E-state index contributed by atoms with van der Waals surface area (Å²) in [4.78, 5) is 12.4. The van der Waals surface area contributed by atoms with Gasteiger partial charge in [-0.3, -0.25) is 9.10 Å². The van der Waals surface area contributed by atoms with E-state index in [0.717, 1.165) is 16.1 Å². The van der Waals surface area contributed by atoms with Gasteiger partial charge in [0, 0.05) is 6.54 Å². The Labute approximate surface area is 174 Å². The summed E-state index contributed by atoms with van der Waals surface area (Å²) in [6.45, 7) is 1.92. The maximum absolute atomic E-state index is 12.4. The van der Waals surface area contributed by atoms with Gasteiger partial charge >= 0.3 is 0 Å². The highest BCUT2D eigenvalue weighted by atomic mass is 35.5. The molecule has 0 aliphatic carbocycles. The Kier molecular flexibility index (Phi) is 7.40. The monoisotopic (exact) mass is 448 g/mol. The zero-order valence-corrected chi connectivity index (χ0v) is 17.8. The lowest BCUT2D eigenvalue weighted by Gasteiger charge is -2.24. The van der Waals surface area contributed by atoms with Crippen LogP contribution in [0.2, 0.25) is 15.1 Å². The highest BCUT2D eigenvalue weighted by Crippen LogP contribution is 2.35. The van der Waals surface area contributed by atoms with Crippen molar-refractivity contribution in [3.05, 3.63) is 63.1 Å². The van der Waals surface area contributed by atoms with Crippen molar-refractivity contribution in [1.82, 2.24) is 5.32 Å². The summed E-state index contributed by atoms with van der Waals surface area (Å²) in [5.41, 5.74) is 1.17. The molecule has 0 aliphatic heterocycles. The van der Waals surface area contributed by atoms with Crippen LogP contribution in [-0.4, -0.2) is 33.7 Å². The average Bonchev–Trinajstić information content (AvgIpc) is 2.61. The van der Waals surface area contributed by atoms with Crippen LogP contribution in [0.15, 0.2) is 42.5 Å². The van der Waals surface area contributed by atoms with Crippen LogP contribution < -0.4 is 9.62 Å². The second kappa shape index (κ2) is 9.15. The standard InChI is InChI=1S/C18H19Cl3N2O3S/c1-12(13-6-4-3-5-7-13)10-22-18(24)11-23(27(2,25)26)17-9-15(20)14(19)8-16(17)21/h3-9,12H,10-11H2,1-2H3,(H,22,24). The number of anilines is 1. The lowest BCUT2D eigenvalue weighted by Crippen LogP contribution is -2.41. The highest BCUT2D eigenvalue weighted by molar-refractivity contribution is 7.92. The van der Waals surface area contributed by atoms with E-state index in [1.54, 1.807) is 0 Å². The summed E-state index contributed by atoms with van der Waals surface area (Å²) >= 11 is 18.0. The molecule has 1 unspecified atom stereocenters. The summed E-state index contributed by atoms with van der Waals surface area (Å²) in [6.07, 6.45) is 0.992. The highest BCUT2D eigenvalue weighted by Gasteiger charge is 2.24. The van der Waals surface area contributed by atoms with E-state index in [9.17, 15) is 13.2 Å². The molecule has 2 rings (SSSR count). The molecule has 1 N–H and O–H groups in total. The lowest BCUT2D eigenvalue weighted by molar-refractivity contribution is -0.119. The molecule has 0 spiro atoms. The van der Waals surface area contributed by atoms with E-state index in [0.29, 0.717) is 6.54 Å². The van der Waals surface area contributed by atoms with Gasteiger partial charge in [0.05, 0.1) is 27.0 Å². The third-order valence-electron chi connectivity index (χ3n) is 3.92. The summed E-state index contributed by atoms with van der Waals surface area (Å²) in [5, 5.41) is 3.17. The second-order valence-corrected chi connectivity index (χ2v) is 9.23. The van der Waals surface area contributed by atoms with E-state index >= 15 is 0 Å². The Balaban J connectivity index is 2.13. The smallest absolute Gasteiger partial charge is 0.240 e. The van der Waals surface area contributed by atoms with E-state index in [-0.39, 0.29) is 26.7 Å². The number of rotatable bonds is 7. The molecule has 9 heteroatoms. The van der Waals surface area contributed by atoms with E-state index in [4.69, 9.17) is 34.8 Å². The van der Waals surface area contributed by atoms with Crippen molar-refractivity contribution in [3.8, 4) is 0 Å². The topological polar surface area (TPSA) is 66.5 Å². The van der Waals surface area contributed by atoms with Gasteiger partial charge in [-0.2, -0.15) is 0 Å². The average molecular weight is 450 g/mol. The Morgan fingerprint density at radius 3 is 2.26 bits per heavy atom. The van der Waals surface area contributed by atoms with Crippen LogP contribution in [0, 0.1) is 0 Å². The third kappa shape index (κ3) is 6.01. The summed E-state index contributed by atoms with van der Waals surface area (Å²) < 4.78 is 25.3. The number of carbonyl (C=O) groups excluding carboxylic acids is 1. The molecule has 2 aromatic carbocycles. The Hall–Kier alpha value is -1.47. The predicted molar refractivity (Wildman–Crippen MR) is 112 cm³/mol. The third-order valence-corrected chi connectivity index (χ3v) is 6.07. The van der Waals surface area contributed by atoms with Gasteiger partial charge in [-0.05, 0) is 23.6 Å². The first-order valence-electron chi connectivity index (χ1n) is 8.03. The van der Waals surface area contributed by atoms with E-state index in [1.165, 1.54) is 12.1 Å². The first kappa shape index (κ1) is 21.8. The van der Waals surface area contributed by atoms with Crippen LogP contribution in [0.3, 0.4) is 0 Å². The van der Waals surface area contributed by atoms with Gasteiger partial charge in [0.15, 0.2) is 0 Å². The van der Waals surface area contributed by atoms with Gasteiger partial charge in [-0.1, -0.05) is 72.1 Å². The van der Waals surface area contributed by atoms with Crippen LogP contribution in [0.1, 0.15) is 18.4 Å². The van der Waals surface area contributed by atoms with Gasteiger partial charge in [0.25, 0.3) is 0 Å². The number of nitrogens with one attached hydrogen (secondary N) is 1. The fraction of sp³-hybridized carbons (Fsp3) is 0.278. The fourth-order valence-corrected chi connectivity index (χ4v) is 3.99. The van der Waals surface area contributed by atoms with Crippen LogP contribution in [0.4, 0.5) is 5.69 Å². The number of hydrogen-bond acceptors (Lipinski definition) is 3. The molecular weight excluding hydrogens is 431 g/mol. The van der Waals surface area contributed by atoms with Crippen molar-refractivity contribution in [1.29, 1.82) is 0 Å². The number of nitrogens with zero attached hydrogens (tertiary/aromatic N) is 1. The molecule has 0 aromatic heterocycles. The molecule has 0 saturated heterocycles. The van der Waals surface area contributed by atoms with Crippen molar-refractivity contribution in [2.75, 3.05) is 23.7 Å². The SMILES string of the molecule is CC(CNC(=O)CN(c1cc(Cl)c(Cl)cc1Cl)S(C)(=O)=O)c1ccccc1. The number of amides is 1. The Morgan fingerprint density at radius 2 is 1.67 bits per heavy atom. The number of benzene rings is 2. The van der Waals surface area contributed by atoms with Gasteiger partial charge < -0.3 is 5.32 Å². The van der Waals surface area contributed by atoms with Gasteiger partial charge in [0.1, 0.15) is 6.54 Å². The number of sulfonamides is 1. The maximum Gasteiger partial charge on any atom is 0.240 e. The molecule has 146 valence electrons. The van der Waals surface area contributed by atoms with Gasteiger partial charge in [0.2, 0.25) is 15.9 Å². The second-order valence-electron chi connectivity index (χ2n) is 6.10. The summed E-state index contributed by atoms with van der Waals surface area (Å²) in [6, 6.07) is 12.4. The molecule has 5 nitrogen and oxygen atoms in total.